The van der Waals surface area contributed by atoms with Crippen molar-refractivity contribution in [2.45, 2.75) is 26.4 Å². The predicted molar refractivity (Wildman–Crippen MR) is 117 cm³/mol. The number of aromatic nitrogens is 4. The molecule has 10 heteroatoms. The fraction of sp³-hybridized carbons (Fsp3) is 0.182. The molecule has 0 unspecified atom stereocenters. The van der Waals surface area contributed by atoms with Gasteiger partial charge >= 0.3 is 6.18 Å². The van der Waals surface area contributed by atoms with Gasteiger partial charge in [0, 0.05) is 10.2 Å². The Balaban J connectivity index is 1.73. The fourth-order valence-corrected chi connectivity index (χ4v) is 3.65. The highest BCUT2D eigenvalue weighted by molar-refractivity contribution is 9.10. The number of aryl methyl sites for hydroxylation is 2. The van der Waals surface area contributed by atoms with Crippen LogP contribution < -0.4 is 5.32 Å². The summed E-state index contributed by atoms with van der Waals surface area (Å²) in [6.45, 7) is 3.63. The molecule has 0 atom stereocenters. The van der Waals surface area contributed by atoms with E-state index >= 15 is 0 Å². The second-order valence-electron chi connectivity index (χ2n) is 7.08. The van der Waals surface area contributed by atoms with E-state index in [0.717, 1.165) is 33.4 Å². The highest BCUT2D eigenvalue weighted by Gasteiger charge is 2.30. The molecular formula is C22H17BrF3N5O. The molecule has 2 heterocycles. The number of halogens is 4. The number of benzene rings is 2. The van der Waals surface area contributed by atoms with Crippen molar-refractivity contribution in [3.05, 3.63) is 75.6 Å². The first-order valence-electron chi connectivity index (χ1n) is 9.68. The number of hydrogen-bond donors (Lipinski definition) is 1. The van der Waals surface area contributed by atoms with Crippen LogP contribution in [0.25, 0.3) is 16.8 Å². The number of nitrogens with zero attached hydrogens (tertiary/aromatic N) is 4. The van der Waals surface area contributed by atoms with Gasteiger partial charge in [0.2, 0.25) is 0 Å². The van der Waals surface area contributed by atoms with Gasteiger partial charge in [-0.1, -0.05) is 41.1 Å². The van der Waals surface area contributed by atoms with Crippen molar-refractivity contribution in [2.24, 2.45) is 0 Å². The van der Waals surface area contributed by atoms with Gasteiger partial charge < -0.3 is 5.32 Å². The van der Waals surface area contributed by atoms with Crippen LogP contribution in [0, 0.1) is 6.92 Å². The Morgan fingerprint density at radius 1 is 1.12 bits per heavy atom. The predicted octanol–water partition coefficient (Wildman–Crippen LogP) is 5.70. The molecule has 0 radical (unpaired) electrons. The summed E-state index contributed by atoms with van der Waals surface area (Å²) >= 11 is 3.42. The summed E-state index contributed by atoms with van der Waals surface area (Å²) in [5.41, 5.74) is 2.58. The molecule has 0 fully saturated rings. The summed E-state index contributed by atoms with van der Waals surface area (Å²) in [7, 11) is 0. The monoisotopic (exact) mass is 503 g/mol. The van der Waals surface area contributed by atoms with E-state index in [1.54, 1.807) is 11.4 Å². The van der Waals surface area contributed by atoms with Crippen molar-refractivity contribution in [3.8, 4) is 11.1 Å². The van der Waals surface area contributed by atoms with E-state index in [2.05, 4.69) is 36.5 Å². The number of fused-ring (bicyclic) bond motifs is 1. The maximum absolute atomic E-state index is 13.0. The topological polar surface area (TPSA) is 72.2 Å². The summed E-state index contributed by atoms with van der Waals surface area (Å²) in [6.07, 6.45) is -3.87. The zero-order valence-corrected chi connectivity index (χ0v) is 18.6. The Morgan fingerprint density at radius 3 is 2.50 bits per heavy atom. The van der Waals surface area contributed by atoms with Crippen LogP contribution in [0.2, 0.25) is 0 Å². The number of carbonyl (C=O) groups is 1. The van der Waals surface area contributed by atoms with Gasteiger partial charge in [0.1, 0.15) is 0 Å². The molecule has 4 aromatic rings. The van der Waals surface area contributed by atoms with Crippen molar-refractivity contribution in [1.29, 1.82) is 0 Å². The van der Waals surface area contributed by atoms with Crippen LogP contribution in [0.15, 0.2) is 53.0 Å². The summed E-state index contributed by atoms with van der Waals surface area (Å²) in [5, 5.41) is 15.4. The standard InChI is InChI=1S/C22H17BrF3N5O/c1-3-17-18(13-7-9-15(23)10-8-13)20-29-28-19(12(2)31(20)30-17)21(32)27-16-6-4-5-14(11-16)22(24,25)26/h4-11H,3H2,1-2H3,(H,27,32). The SMILES string of the molecule is CCc1nn2c(C)c(C(=O)Nc3cccc(C(F)(F)F)c3)nnc2c1-c1ccc(Br)cc1. The molecule has 0 aliphatic heterocycles. The highest BCUT2D eigenvalue weighted by atomic mass is 79.9. The van der Waals surface area contributed by atoms with Gasteiger partial charge in [-0.05, 0) is 49.2 Å². The third kappa shape index (κ3) is 4.10. The Bertz CT molecular complexity index is 1320. The van der Waals surface area contributed by atoms with Crippen molar-refractivity contribution in [1.82, 2.24) is 19.8 Å². The van der Waals surface area contributed by atoms with Crippen molar-refractivity contribution >= 4 is 33.2 Å². The molecule has 0 saturated heterocycles. The highest BCUT2D eigenvalue weighted by Crippen LogP contribution is 2.31. The zero-order valence-electron chi connectivity index (χ0n) is 17.0. The maximum atomic E-state index is 13.0. The number of nitrogens with one attached hydrogen (secondary N) is 1. The lowest BCUT2D eigenvalue weighted by molar-refractivity contribution is -0.137. The van der Waals surface area contributed by atoms with E-state index in [9.17, 15) is 18.0 Å². The largest absolute Gasteiger partial charge is 0.416 e. The van der Waals surface area contributed by atoms with E-state index in [-0.39, 0.29) is 11.4 Å². The number of hydrogen-bond acceptors (Lipinski definition) is 4. The van der Waals surface area contributed by atoms with Crippen molar-refractivity contribution in [2.75, 3.05) is 5.32 Å². The third-order valence-corrected chi connectivity index (χ3v) is 5.50. The number of anilines is 1. The van der Waals surface area contributed by atoms with Crippen LogP contribution in [0.4, 0.5) is 18.9 Å². The van der Waals surface area contributed by atoms with Crippen LogP contribution in [0.1, 0.15) is 34.4 Å². The van der Waals surface area contributed by atoms with Gasteiger partial charge in [-0.3, -0.25) is 4.79 Å². The van der Waals surface area contributed by atoms with E-state index in [1.165, 1.54) is 12.1 Å². The van der Waals surface area contributed by atoms with E-state index in [4.69, 9.17) is 0 Å². The van der Waals surface area contributed by atoms with Crippen molar-refractivity contribution < 1.29 is 18.0 Å². The quantitative estimate of drug-likeness (QED) is 0.388. The minimum Gasteiger partial charge on any atom is -0.321 e. The molecule has 4 rings (SSSR count). The molecule has 164 valence electrons. The average molecular weight is 504 g/mol. The summed E-state index contributed by atoms with van der Waals surface area (Å²) < 4.78 is 41.3. The average Bonchev–Trinajstić information content (AvgIpc) is 3.14. The van der Waals surface area contributed by atoms with Gasteiger partial charge in [0.05, 0.1) is 22.5 Å². The molecule has 1 amide bonds. The Labute approximate surface area is 189 Å². The summed E-state index contributed by atoms with van der Waals surface area (Å²) in [5.74, 6) is -0.671. The van der Waals surface area contributed by atoms with Crippen LogP contribution in [0.3, 0.4) is 0 Å². The zero-order chi connectivity index (χ0) is 23.0. The molecule has 0 spiro atoms. The molecule has 1 N–H and O–H groups in total. The molecule has 0 aliphatic rings. The molecule has 0 aliphatic carbocycles. The minimum atomic E-state index is -4.51. The Kier molecular flexibility index (Phi) is 5.72. The molecule has 2 aromatic carbocycles. The molecule has 0 bridgehead atoms. The second-order valence-corrected chi connectivity index (χ2v) is 8.00. The minimum absolute atomic E-state index is 0.0105. The Hall–Kier alpha value is -3.27. The van der Waals surface area contributed by atoms with Crippen LogP contribution in [-0.4, -0.2) is 25.7 Å². The van der Waals surface area contributed by atoms with E-state index in [1.807, 2.05) is 31.2 Å². The fourth-order valence-electron chi connectivity index (χ4n) is 3.38. The number of alkyl halides is 3. The molecule has 6 nitrogen and oxygen atoms in total. The normalized spacial score (nSPS) is 11.7. The van der Waals surface area contributed by atoms with E-state index < -0.39 is 17.6 Å². The summed E-state index contributed by atoms with van der Waals surface area (Å²) in [6, 6.07) is 12.1. The number of carbonyl (C=O) groups excluding carboxylic acids is 1. The molecular weight excluding hydrogens is 487 g/mol. The number of amides is 1. The van der Waals surface area contributed by atoms with Gasteiger partial charge in [0.25, 0.3) is 5.91 Å². The van der Waals surface area contributed by atoms with Gasteiger partial charge in [-0.2, -0.15) is 18.3 Å². The lowest BCUT2D eigenvalue weighted by atomic mass is 10.0. The van der Waals surface area contributed by atoms with Crippen LogP contribution >= 0.6 is 15.9 Å². The van der Waals surface area contributed by atoms with Gasteiger partial charge in [-0.15, -0.1) is 10.2 Å². The first kappa shape index (κ1) is 21.9. The lowest BCUT2D eigenvalue weighted by Crippen LogP contribution is -2.19. The third-order valence-electron chi connectivity index (χ3n) is 4.97. The lowest BCUT2D eigenvalue weighted by Gasteiger charge is -2.10. The smallest absolute Gasteiger partial charge is 0.321 e. The van der Waals surface area contributed by atoms with E-state index in [0.29, 0.717) is 17.8 Å². The first-order chi connectivity index (χ1) is 15.2. The maximum Gasteiger partial charge on any atom is 0.416 e. The van der Waals surface area contributed by atoms with Crippen molar-refractivity contribution in [3.63, 3.8) is 0 Å². The first-order valence-corrected chi connectivity index (χ1v) is 10.5. The number of rotatable bonds is 4. The second kappa shape index (κ2) is 8.34. The molecule has 0 saturated carbocycles. The molecule has 32 heavy (non-hydrogen) atoms. The van der Waals surface area contributed by atoms with Crippen LogP contribution in [0.5, 0.6) is 0 Å². The molecule has 2 aromatic heterocycles. The van der Waals surface area contributed by atoms with Gasteiger partial charge in [-0.25, -0.2) is 4.52 Å². The summed E-state index contributed by atoms with van der Waals surface area (Å²) in [4.78, 5) is 12.8. The Morgan fingerprint density at radius 2 is 1.84 bits per heavy atom. The van der Waals surface area contributed by atoms with Gasteiger partial charge in [0.15, 0.2) is 11.3 Å². The van der Waals surface area contributed by atoms with Crippen LogP contribution in [-0.2, 0) is 12.6 Å².